The molecule has 0 spiro atoms. The quantitative estimate of drug-likeness (QED) is 0.752. The Kier molecular flexibility index (Phi) is 3.85. The summed E-state index contributed by atoms with van der Waals surface area (Å²) in [5.41, 5.74) is 1.09. The third-order valence-corrected chi connectivity index (χ3v) is 3.17. The molecule has 1 saturated heterocycles. The van der Waals surface area contributed by atoms with Crippen LogP contribution in [0.5, 0.6) is 0 Å². The molecule has 0 N–H and O–H groups in total. The van der Waals surface area contributed by atoms with E-state index in [4.69, 9.17) is 21.1 Å². The van der Waals surface area contributed by atoms with Crippen LogP contribution in [0.1, 0.15) is 25.3 Å². The van der Waals surface area contributed by atoms with Gasteiger partial charge in [-0.25, -0.2) is 0 Å². The highest BCUT2D eigenvalue weighted by Gasteiger charge is 2.41. The minimum absolute atomic E-state index is 0.00780. The van der Waals surface area contributed by atoms with Crippen LogP contribution in [-0.4, -0.2) is 18.6 Å². The molecule has 1 aliphatic rings. The zero-order valence-electron chi connectivity index (χ0n) is 9.49. The molecule has 0 bridgehead atoms. The first-order valence-corrected chi connectivity index (χ1v) is 6.27. The first-order valence-electron chi connectivity index (χ1n) is 5.74. The third kappa shape index (κ3) is 2.24. The largest absolute Gasteiger partial charge is 0.343 e. The lowest BCUT2D eigenvalue weighted by Gasteiger charge is -2.28. The van der Waals surface area contributed by atoms with Gasteiger partial charge in [-0.2, -0.15) is 0 Å². The molecule has 0 saturated carbocycles. The summed E-state index contributed by atoms with van der Waals surface area (Å²) in [5, 5.41) is 0. The molecule has 1 aliphatic heterocycles. The van der Waals surface area contributed by atoms with Crippen molar-refractivity contribution in [1.82, 2.24) is 0 Å². The van der Waals surface area contributed by atoms with Crippen LogP contribution in [0.25, 0.3) is 0 Å². The Hall–Kier alpha value is -0.570. The maximum absolute atomic E-state index is 5.97. The van der Waals surface area contributed by atoms with Gasteiger partial charge in [0, 0.05) is 12.0 Å². The normalized spacial score (nSPS) is 29.5. The van der Waals surface area contributed by atoms with Gasteiger partial charge in [0.1, 0.15) is 0 Å². The van der Waals surface area contributed by atoms with Crippen molar-refractivity contribution in [3.8, 4) is 0 Å². The summed E-state index contributed by atoms with van der Waals surface area (Å²) in [5.74, 6) is -0.0894. The molecule has 1 heterocycles. The summed E-state index contributed by atoms with van der Waals surface area (Å²) in [4.78, 5) is 0. The number of ether oxygens (including phenoxy) is 2. The zero-order valence-corrected chi connectivity index (χ0v) is 10.2. The fourth-order valence-corrected chi connectivity index (χ4v) is 2.24. The summed E-state index contributed by atoms with van der Waals surface area (Å²) < 4.78 is 11.8. The Bertz CT molecular complexity index is 328. The van der Waals surface area contributed by atoms with Gasteiger partial charge >= 0.3 is 0 Å². The van der Waals surface area contributed by atoms with Crippen molar-refractivity contribution in [2.45, 2.75) is 31.7 Å². The number of halogens is 1. The van der Waals surface area contributed by atoms with E-state index in [2.05, 4.69) is 6.92 Å². The first-order chi connectivity index (χ1) is 7.80. The van der Waals surface area contributed by atoms with Gasteiger partial charge in [0.15, 0.2) is 5.79 Å². The number of rotatable bonds is 4. The van der Waals surface area contributed by atoms with Crippen LogP contribution in [0.3, 0.4) is 0 Å². The summed E-state index contributed by atoms with van der Waals surface area (Å²) in [6.45, 7) is 2.71. The average Bonchev–Trinajstić information content (AvgIpc) is 2.76. The van der Waals surface area contributed by atoms with Crippen LogP contribution in [0.2, 0.25) is 0 Å². The highest BCUT2D eigenvalue weighted by atomic mass is 35.5. The third-order valence-electron chi connectivity index (χ3n) is 2.82. The first kappa shape index (κ1) is 11.9. The predicted octanol–water partition coefficient (Wildman–Crippen LogP) is 3.29. The van der Waals surface area contributed by atoms with E-state index >= 15 is 0 Å². The molecule has 0 aromatic heterocycles. The lowest BCUT2D eigenvalue weighted by atomic mass is 10.0. The molecular formula is C13H17ClO2. The number of hydrogen-bond acceptors (Lipinski definition) is 2. The minimum atomic E-state index is -0.574. The molecule has 1 aromatic carbocycles. The van der Waals surface area contributed by atoms with Gasteiger partial charge in [0.25, 0.3) is 0 Å². The molecule has 0 aliphatic carbocycles. The van der Waals surface area contributed by atoms with Crippen LogP contribution < -0.4 is 0 Å². The second kappa shape index (κ2) is 5.17. The molecule has 3 heteroatoms. The monoisotopic (exact) mass is 240 g/mol. The summed E-state index contributed by atoms with van der Waals surface area (Å²) >= 11 is 5.82. The Morgan fingerprint density at radius 1 is 1.38 bits per heavy atom. The molecule has 2 rings (SSSR count). The van der Waals surface area contributed by atoms with Gasteiger partial charge in [-0.1, -0.05) is 43.7 Å². The molecular weight excluding hydrogens is 224 g/mol. The Labute approximate surface area is 102 Å². The van der Waals surface area contributed by atoms with E-state index in [1.54, 1.807) is 0 Å². The van der Waals surface area contributed by atoms with Crippen molar-refractivity contribution in [2.24, 2.45) is 0 Å². The maximum atomic E-state index is 5.97. The van der Waals surface area contributed by atoms with Crippen LogP contribution in [0.15, 0.2) is 30.3 Å². The van der Waals surface area contributed by atoms with E-state index in [9.17, 15) is 0 Å². The van der Waals surface area contributed by atoms with Crippen LogP contribution in [0, 0.1) is 0 Å². The molecule has 0 radical (unpaired) electrons. The molecule has 0 amide bonds. The molecule has 16 heavy (non-hydrogen) atoms. The zero-order chi connectivity index (χ0) is 11.4. The predicted molar refractivity (Wildman–Crippen MR) is 64.6 cm³/mol. The smallest absolute Gasteiger partial charge is 0.195 e. The number of alkyl halides is 1. The van der Waals surface area contributed by atoms with Crippen molar-refractivity contribution in [3.63, 3.8) is 0 Å². The Morgan fingerprint density at radius 3 is 2.69 bits per heavy atom. The van der Waals surface area contributed by atoms with Gasteiger partial charge in [-0.3, -0.25) is 0 Å². The topological polar surface area (TPSA) is 18.5 Å². The average molecular weight is 241 g/mol. The van der Waals surface area contributed by atoms with Crippen LogP contribution in [-0.2, 0) is 15.3 Å². The van der Waals surface area contributed by atoms with Gasteiger partial charge in [0.05, 0.1) is 18.6 Å². The van der Waals surface area contributed by atoms with Crippen LogP contribution in [0.4, 0.5) is 0 Å². The van der Waals surface area contributed by atoms with Gasteiger partial charge in [-0.05, 0) is 0 Å². The Balaban J connectivity index is 2.23. The van der Waals surface area contributed by atoms with Gasteiger partial charge in [-0.15, -0.1) is 11.6 Å². The molecule has 1 aromatic rings. The fourth-order valence-electron chi connectivity index (χ4n) is 2.09. The maximum Gasteiger partial charge on any atom is 0.195 e. The molecule has 2 nitrogen and oxygen atoms in total. The van der Waals surface area contributed by atoms with E-state index in [0.717, 1.165) is 18.4 Å². The fraction of sp³-hybridized carbons (Fsp3) is 0.538. The standard InChI is InChI=1S/C13H17ClO2/c1-2-8-13(11-6-4-3-5-7-11)15-10-12(9-14)16-13/h3-7,12H,2,8-10H2,1H3. The lowest BCUT2D eigenvalue weighted by Crippen LogP contribution is -2.28. The highest BCUT2D eigenvalue weighted by Crippen LogP contribution is 2.38. The Morgan fingerprint density at radius 2 is 2.12 bits per heavy atom. The summed E-state index contributed by atoms with van der Waals surface area (Å²) in [6.07, 6.45) is 1.89. The SMILES string of the molecule is CCCC1(c2ccccc2)OCC(CCl)O1. The van der Waals surface area contributed by atoms with Gasteiger partial charge < -0.3 is 9.47 Å². The van der Waals surface area contributed by atoms with E-state index in [1.807, 2.05) is 30.3 Å². The van der Waals surface area contributed by atoms with Crippen molar-refractivity contribution in [3.05, 3.63) is 35.9 Å². The summed E-state index contributed by atoms with van der Waals surface area (Å²) in [6, 6.07) is 10.1. The van der Waals surface area contributed by atoms with E-state index in [0.29, 0.717) is 12.5 Å². The number of hydrogen-bond donors (Lipinski definition) is 0. The van der Waals surface area contributed by atoms with E-state index in [-0.39, 0.29) is 6.10 Å². The number of benzene rings is 1. The highest BCUT2D eigenvalue weighted by molar-refractivity contribution is 6.18. The van der Waals surface area contributed by atoms with Crippen molar-refractivity contribution in [1.29, 1.82) is 0 Å². The van der Waals surface area contributed by atoms with E-state index in [1.165, 1.54) is 0 Å². The van der Waals surface area contributed by atoms with Gasteiger partial charge in [0.2, 0.25) is 0 Å². The molecule has 2 unspecified atom stereocenters. The lowest BCUT2D eigenvalue weighted by molar-refractivity contribution is -0.180. The van der Waals surface area contributed by atoms with Crippen LogP contribution >= 0.6 is 11.6 Å². The summed E-state index contributed by atoms with van der Waals surface area (Å²) in [7, 11) is 0. The molecule has 88 valence electrons. The second-order valence-corrected chi connectivity index (χ2v) is 4.38. The van der Waals surface area contributed by atoms with Crippen molar-refractivity contribution in [2.75, 3.05) is 12.5 Å². The minimum Gasteiger partial charge on any atom is -0.343 e. The molecule has 1 fully saturated rings. The second-order valence-electron chi connectivity index (χ2n) is 4.07. The van der Waals surface area contributed by atoms with E-state index < -0.39 is 5.79 Å². The van der Waals surface area contributed by atoms with Crippen molar-refractivity contribution >= 4 is 11.6 Å². The van der Waals surface area contributed by atoms with Crippen molar-refractivity contribution < 1.29 is 9.47 Å². The molecule has 2 atom stereocenters.